The molecule has 1 aromatic carbocycles. The fourth-order valence-corrected chi connectivity index (χ4v) is 2.94. The van der Waals surface area contributed by atoms with E-state index in [1.165, 1.54) is 16.0 Å². The predicted molar refractivity (Wildman–Crippen MR) is 92.0 cm³/mol. The Labute approximate surface area is 135 Å². The molecule has 2 rings (SSSR count). The van der Waals surface area contributed by atoms with Crippen LogP contribution in [0, 0.1) is 0 Å². The lowest BCUT2D eigenvalue weighted by molar-refractivity contribution is -0.143. The van der Waals surface area contributed by atoms with Crippen molar-refractivity contribution in [2.75, 3.05) is 26.7 Å². The Morgan fingerprint density at radius 3 is 2.64 bits per heavy atom. The van der Waals surface area contributed by atoms with Crippen molar-refractivity contribution in [3.63, 3.8) is 0 Å². The molecule has 116 valence electrons. The number of ether oxygens (including phenoxy) is 1. The Morgan fingerprint density at radius 2 is 2.00 bits per heavy atom. The molecule has 0 aliphatic heterocycles. The van der Waals surface area contributed by atoms with Gasteiger partial charge >= 0.3 is 5.97 Å². The third-order valence-corrected chi connectivity index (χ3v) is 4.09. The van der Waals surface area contributed by atoms with Crippen molar-refractivity contribution in [2.45, 2.75) is 6.92 Å². The van der Waals surface area contributed by atoms with Crippen LogP contribution in [0.2, 0.25) is 0 Å². The quantitative estimate of drug-likeness (QED) is 0.730. The monoisotopic (exact) mass is 315 g/mol. The highest BCUT2D eigenvalue weighted by molar-refractivity contribution is 7.11. The van der Waals surface area contributed by atoms with Crippen molar-refractivity contribution in [1.82, 2.24) is 4.90 Å². The van der Waals surface area contributed by atoms with E-state index in [-0.39, 0.29) is 5.97 Å². The lowest BCUT2D eigenvalue weighted by Gasteiger charge is -2.14. The van der Waals surface area contributed by atoms with E-state index in [0.29, 0.717) is 19.7 Å². The van der Waals surface area contributed by atoms with E-state index in [9.17, 15) is 4.79 Å². The van der Waals surface area contributed by atoms with Crippen LogP contribution in [0.1, 0.15) is 17.4 Å². The first-order chi connectivity index (χ1) is 10.7. The number of thiophene rings is 1. The maximum Gasteiger partial charge on any atom is 0.320 e. The molecule has 0 N–H and O–H groups in total. The fraction of sp³-hybridized carbons (Fsp3) is 0.278. The van der Waals surface area contributed by atoms with Crippen molar-refractivity contribution in [2.24, 2.45) is 0 Å². The molecule has 0 bridgehead atoms. The van der Waals surface area contributed by atoms with E-state index in [4.69, 9.17) is 4.74 Å². The summed E-state index contributed by atoms with van der Waals surface area (Å²) in [5, 5.41) is 2.08. The summed E-state index contributed by atoms with van der Waals surface area (Å²) in [4.78, 5) is 14.7. The van der Waals surface area contributed by atoms with Gasteiger partial charge in [-0.15, -0.1) is 11.3 Å². The van der Waals surface area contributed by atoms with Crippen LogP contribution in [-0.2, 0) is 9.53 Å². The minimum absolute atomic E-state index is 0.184. The summed E-state index contributed by atoms with van der Waals surface area (Å²) in [6.45, 7) is 3.24. The topological polar surface area (TPSA) is 29.5 Å². The van der Waals surface area contributed by atoms with E-state index >= 15 is 0 Å². The SMILES string of the molecule is CCOC(=O)CN(C)CC=C(c1ccccc1)c1cccs1. The van der Waals surface area contributed by atoms with Crippen molar-refractivity contribution < 1.29 is 9.53 Å². The van der Waals surface area contributed by atoms with Gasteiger partial charge in [0.25, 0.3) is 0 Å². The van der Waals surface area contributed by atoms with E-state index in [1.54, 1.807) is 11.3 Å². The molecule has 0 fully saturated rings. The zero-order valence-electron chi connectivity index (χ0n) is 13.0. The third kappa shape index (κ3) is 4.83. The average molecular weight is 315 g/mol. The zero-order valence-corrected chi connectivity index (χ0v) is 13.8. The highest BCUT2D eigenvalue weighted by Crippen LogP contribution is 2.26. The Balaban J connectivity index is 2.11. The predicted octanol–water partition coefficient (Wildman–Crippen LogP) is 3.67. The van der Waals surface area contributed by atoms with Crippen LogP contribution in [-0.4, -0.2) is 37.6 Å². The Kier molecular flexibility index (Phi) is 6.37. The van der Waals surface area contributed by atoms with Gasteiger partial charge in [-0.2, -0.15) is 0 Å². The van der Waals surface area contributed by atoms with Gasteiger partial charge in [0.05, 0.1) is 13.2 Å². The molecule has 0 amide bonds. The number of hydrogen-bond donors (Lipinski definition) is 0. The molecule has 0 spiro atoms. The third-order valence-electron chi connectivity index (χ3n) is 3.18. The second kappa shape index (κ2) is 8.51. The second-order valence-corrected chi connectivity index (χ2v) is 5.91. The smallest absolute Gasteiger partial charge is 0.320 e. The van der Waals surface area contributed by atoms with E-state index in [1.807, 2.05) is 37.1 Å². The van der Waals surface area contributed by atoms with E-state index in [0.717, 1.165) is 0 Å². The molecule has 0 unspecified atom stereocenters. The van der Waals surface area contributed by atoms with Crippen LogP contribution in [0.15, 0.2) is 53.9 Å². The average Bonchev–Trinajstić information content (AvgIpc) is 3.03. The largest absolute Gasteiger partial charge is 0.465 e. The number of carbonyl (C=O) groups is 1. The van der Waals surface area contributed by atoms with Gasteiger partial charge in [0, 0.05) is 11.4 Å². The van der Waals surface area contributed by atoms with Crippen LogP contribution >= 0.6 is 11.3 Å². The van der Waals surface area contributed by atoms with Gasteiger partial charge in [0.2, 0.25) is 0 Å². The van der Waals surface area contributed by atoms with Gasteiger partial charge in [-0.1, -0.05) is 42.5 Å². The Bertz CT molecular complexity index is 605. The first-order valence-electron chi connectivity index (χ1n) is 7.34. The maximum atomic E-state index is 11.5. The molecule has 1 heterocycles. The van der Waals surface area contributed by atoms with Crippen molar-refractivity contribution >= 4 is 22.9 Å². The van der Waals surface area contributed by atoms with Crippen LogP contribution in [0.25, 0.3) is 5.57 Å². The molecule has 2 aromatic rings. The number of esters is 1. The normalized spacial score (nSPS) is 11.7. The summed E-state index contributed by atoms with van der Waals surface area (Å²) in [7, 11) is 1.92. The summed E-state index contributed by atoms with van der Waals surface area (Å²) < 4.78 is 4.98. The molecule has 0 aliphatic rings. The number of likely N-dealkylation sites (N-methyl/N-ethyl adjacent to an activating group) is 1. The standard InChI is InChI=1S/C18H21NO2S/c1-3-21-18(20)14-19(2)12-11-16(17-10-7-13-22-17)15-8-5-4-6-9-15/h4-11,13H,3,12,14H2,1-2H3. The first-order valence-corrected chi connectivity index (χ1v) is 8.22. The van der Waals surface area contributed by atoms with Crippen LogP contribution in [0.4, 0.5) is 0 Å². The zero-order chi connectivity index (χ0) is 15.8. The molecular formula is C18H21NO2S. The number of benzene rings is 1. The minimum atomic E-state index is -0.184. The van der Waals surface area contributed by atoms with E-state index < -0.39 is 0 Å². The molecular weight excluding hydrogens is 294 g/mol. The Morgan fingerprint density at radius 1 is 1.23 bits per heavy atom. The molecule has 22 heavy (non-hydrogen) atoms. The Hall–Kier alpha value is -1.91. The summed E-state index contributed by atoms with van der Waals surface area (Å²) in [5.74, 6) is -0.184. The molecule has 4 heteroatoms. The fourth-order valence-electron chi connectivity index (χ4n) is 2.15. The first kappa shape index (κ1) is 16.5. The molecule has 0 radical (unpaired) electrons. The molecule has 3 nitrogen and oxygen atoms in total. The van der Waals surface area contributed by atoms with Crippen LogP contribution < -0.4 is 0 Å². The highest BCUT2D eigenvalue weighted by atomic mass is 32.1. The summed E-state index contributed by atoms with van der Waals surface area (Å²) in [6, 6.07) is 14.5. The number of hydrogen-bond acceptors (Lipinski definition) is 4. The molecule has 0 saturated heterocycles. The lowest BCUT2D eigenvalue weighted by Crippen LogP contribution is -2.27. The molecule has 1 aromatic heterocycles. The molecule has 0 aliphatic carbocycles. The maximum absolute atomic E-state index is 11.5. The van der Waals surface area contributed by atoms with Gasteiger partial charge in [-0.3, -0.25) is 9.69 Å². The summed E-state index contributed by atoms with van der Waals surface area (Å²) in [5.41, 5.74) is 2.39. The molecule has 0 saturated carbocycles. The van der Waals surface area contributed by atoms with Gasteiger partial charge < -0.3 is 4.74 Å². The van der Waals surface area contributed by atoms with Gasteiger partial charge in [-0.05, 0) is 36.6 Å². The summed E-state index contributed by atoms with van der Waals surface area (Å²) >= 11 is 1.72. The minimum Gasteiger partial charge on any atom is -0.465 e. The van der Waals surface area contributed by atoms with E-state index in [2.05, 4.69) is 35.7 Å². The van der Waals surface area contributed by atoms with Crippen molar-refractivity contribution in [3.8, 4) is 0 Å². The van der Waals surface area contributed by atoms with Crippen LogP contribution in [0.3, 0.4) is 0 Å². The summed E-state index contributed by atoms with van der Waals surface area (Å²) in [6.07, 6.45) is 2.17. The highest BCUT2D eigenvalue weighted by Gasteiger charge is 2.09. The second-order valence-electron chi connectivity index (χ2n) is 4.96. The van der Waals surface area contributed by atoms with Crippen molar-refractivity contribution in [3.05, 3.63) is 64.4 Å². The number of rotatable bonds is 7. The van der Waals surface area contributed by atoms with Gasteiger partial charge in [0.15, 0.2) is 0 Å². The van der Waals surface area contributed by atoms with Gasteiger partial charge in [-0.25, -0.2) is 0 Å². The number of carbonyl (C=O) groups excluding carboxylic acids is 1. The van der Waals surface area contributed by atoms with Crippen molar-refractivity contribution in [1.29, 1.82) is 0 Å². The lowest BCUT2D eigenvalue weighted by atomic mass is 10.0. The number of nitrogens with zero attached hydrogens (tertiary/aromatic N) is 1. The molecule has 0 atom stereocenters. The van der Waals surface area contributed by atoms with Gasteiger partial charge in [0.1, 0.15) is 0 Å². The van der Waals surface area contributed by atoms with Crippen LogP contribution in [0.5, 0.6) is 0 Å².